The first-order chi connectivity index (χ1) is 15.5. The topological polar surface area (TPSA) is 237 Å². The molecule has 0 aliphatic carbocycles. The lowest BCUT2D eigenvalue weighted by Gasteiger charge is -2.24. The molecule has 5 atom stereocenters. The number of nitrogens with two attached hydrogens (primary N) is 1. The normalized spacial score (nSPS) is 15.4. The van der Waals surface area contributed by atoms with Gasteiger partial charge < -0.3 is 42.0 Å². The molecule has 3 amide bonds. The van der Waals surface area contributed by atoms with Crippen molar-refractivity contribution in [1.29, 1.82) is 0 Å². The van der Waals surface area contributed by atoms with Gasteiger partial charge >= 0.3 is 11.9 Å². The number of H-pyrrole nitrogens is 1. The fourth-order valence-corrected chi connectivity index (χ4v) is 2.88. The van der Waals surface area contributed by atoms with E-state index < -0.39 is 59.9 Å². The number of carboxylic acids is 2. The third kappa shape index (κ3) is 9.46. The molecule has 1 aromatic rings. The summed E-state index contributed by atoms with van der Waals surface area (Å²) >= 11 is 4.00. The molecule has 9 N–H and O–H groups in total. The predicted octanol–water partition coefficient (Wildman–Crippen LogP) is -3.01. The molecule has 184 valence electrons. The van der Waals surface area contributed by atoms with Crippen LogP contribution in [-0.2, 0) is 30.4 Å². The van der Waals surface area contributed by atoms with Crippen molar-refractivity contribution >= 4 is 42.3 Å². The number of amides is 3. The fourth-order valence-electron chi connectivity index (χ4n) is 2.62. The number of hydrogen-bond donors (Lipinski definition) is 9. The van der Waals surface area contributed by atoms with Gasteiger partial charge in [-0.15, -0.1) is 0 Å². The van der Waals surface area contributed by atoms with E-state index in [9.17, 15) is 29.1 Å². The van der Waals surface area contributed by atoms with Crippen LogP contribution in [0.3, 0.4) is 0 Å². The number of aliphatic hydroxyl groups excluding tert-OH is 1. The number of aromatic amines is 1. The summed E-state index contributed by atoms with van der Waals surface area (Å²) in [6.07, 6.45) is 0.813. The number of imidazole rings is 1. The lowest BCUT2D eigenvalue weighted by Crippen LogP contribution is -2.59. The van der Waals surface area contributed by atoms with E-state index in [-0.39, 0.29) is 25.0 Å². The second-order valence-corrected chi connectivity index (χ2v) is 7.56. The van der Waals surface area contributed by atoms with Gasteiger partial charge in [-0.2, -0.15) is 12.6 Å². The third-order valence-corrected chi connectivity index (χ3v) is 4.84. The zero-order chi connectivity index (χ0) is 25.1. The van der Waals surface area contributed by atoms with Crippen LogP contribution in [0.5, 0.6) is 0 Å². The Morgan fingerprint density at radius 2 is 1.70 bits per heavy atom. The zero-order valence-corrected chi connectivity index (χ0v) is 18.6. The summed E-state index contributed by atoms with van der Waals surface area (Å²) in [6, 6.07) is -5.31. The smallest absolute Gasteiger partial charge is 0.328 e. The van der Waals surface area contributed by atoms with E-state index in [2.05, 4.69) is 38.5 Å². The number of carboxylic acid groups (broad SMARTS) is 2. The number of thiol groups is 1. The Kier molecular flexibility index (Phi) is 11.3. The zero-order valence-electron chi connectivity index (χ0n) is 17.7. The number of nitrogens with zero attached hydrogens (tertiary/aromatic N) is 1. The quantitative estimate of drug-likeness (QED) is 0.120. The van der Waals surface area contributed by atoms with Crippen LogP contribution in [0.2, 0.25) is 0 Å². The summed E-state index contributed by atoms with van der Waals surface area (Å²) in [6.45, 7) is 1.18. The van der Waals surface area contributed by atoms with Crippen LogP contribution in [0.1, 0.15) is 25.5 Å². The molecule has 0 saturated heterocycles. The SMILES string of the molecule is CC(O)C(NC(=O)C(CS)NC(=O)C(Cc1cnc[nH]1)NC(=O)C(N)CCC(=O)O)C(=O)O. The Morgan fingerprint density at radius 3 is 2.18 bits per heavy atom. The van der Waals surface area contributed by atoms with Gasteiger partial charge in [-0.05, 0) is 13.3 Å². The Labute approximate surface area is 194 Å². The molecule has 0 fully saturated rings. The van der Waals surface area contributed by atoms with E-state index in [1.54, 1.807) is 0 Å². The first kappa shape index (κ1) is 27.9. The monoisotopic (exact) mass is 488 g/mol. The van der Waals surface area contributed by atoms with Crippen molar-refractivity contribution in [2.75, 3.05) is 5.75 Å². The molecule has 15 heteroatoms. The number of rotatable bonds is 14. The highest BCUT2D eigenvalue weighted by molar-refractivity contribution is 7.80. The average Bonchev–Trinajstić information content (AvgIpc) is 3.25. The minimum Gasteiger partial charge on any atom is -0.481 e. The molecule has 0 saturated carbocycles. The van der Waals surface area contributed by atoms with Crippen molar-refractivity contribution in [3.8, 4) is 0 Å². The average molecular weight is 489 g/mol. The predicted molar refractivity (Wildman–Crippen MR) is 116 cm³/mol. The maximum Gasteiger partial charge on any atom is 0.328 e. The second kappa shape index (κ2) is 13.4. The Morgan fingerprint density at radius 1 is 1.09 bits per heavy atom. The van der Waals surface area contributed by atoms with Gasteiger partial charge in [0.15, 0.2) is 6.04 Å². The maximum absolute atomic E-state index is 12.8. The van der Waals surface area contributed by atoms with E-state index >= 15 is 0 Å². The number of aliphatic hydroxyl groups is 1. The standard InChI is InChI=1S/C18H28N6O8S/c1-8(25)14(18(31)32)24-17(30)12(6-33)23-16(29)11(4-9-5-20-7-21-9)22-15(28)10(19)2-3-13(26)27/h5,7-8,10-12,14,25,33H,2-4,6,19H2,1H3,(H,20,21)(H,22,28)(H,23,29)(H,24,30)(H,26,27)(H,31,32). The van der Waals surface area contributed by atoms with Crippen LogP contribution < -0.4 is 21.7 Å². The lowest BCUT2D eigenvalue weighted by molar-refractivity contribution is -0.145. The van der Waals surface area contributed by atoms with Gasteiger partial charge in [0, 0.05) is 30.5 Å². The second-order valence-electron chi connectivity index (χ2n) is 7.19. The molecule has 5 unspecified atom stereocenters. The van der Waals surface area contributed by atoms with Crippen LogP contribution in [0.4, 0.5) is 0 Å². The molecule has 14 nitrogen and oxygen atoms in total. The van der Waals surface area contributed by atoms with E-state index in [0.29, 0.717) is 5.69 Å². The summed E-state index contributed by atoms with van der Waals surface area (Å²) in [7, 11) is 0. The van der Waals surface area contributed by atoms with Crippen molar-refractivity contribution in [2.45, 2.75) is 56.5 Å². The minimum absolute atomic E-state index is 0.0600. The van der Waals surface area contributed by atoms with Crippen molar-refractivity contribution in [1.82, 2.24) is 25.9 Å². The van der Waals surface area contributed by atoms with E-state index in [4.69, 9.17) is 15.9 Å². The molecular weight excluding hydrogens is 460 g/mol. The summed E-state index contributed by atoms with van der Waals surface area (Å²) in [5.74, 6) is -5.31. The summed E-state index contributed by atoms with van der Waals surface area (Å²) in [5.41, 5.74) is 6.17. The molecule has 33 heavy (non-hydrogen) atoms. The van der Waals surface area contributed by atoms with Gasteiger partial charge in [0.2, 0.25) is 17.7 Å². The molecule has 0 aliphatic rings. The minimum atomic E-state index is -1.61. The maximum atomic E-state index is 12.8. The van der Waals surface area contributed by atoms with Crippen LogP contribution in [-0.4, -0.2) is 91.0 Å². The number of nitrogens with one attached hydrogen (secondary N) is 4. The van der Waals surface area contributed by atoms with Gasteiger partial charge in [-0.3, -0.25) is 19.2 Å². The van der Waals surface area contributed by atoms with Crippen LogP contribution in [0, 0.1) is 0 Å². The largest absolute Gasteiger partial charge is 0.481 e. The van der Waals surface area contributed by atoms with E-state index in [1.165, 1.54) is 19.4 Å². The van der Waals surface area contributed by atoms with E-state index in [0.717, 1.165) is 0 Å². The van der Waals surface area contributed by atoms with Crippen LogP contribution in [0.15, 0.2) is 12.5 Å². The molecule has 0 aliphatic heterocycles. The fraction of sp³-hybridized carbons (Fsp3) is 0.556. The van der Waals surface area contributed by atoms with Gasteiger partial charge in [-0.1, -0.05) is 0 Å². The summed E-state index contributed by atoms with van der Waals surface area (Å²) < 4.78 is 0. The van der Waals surface area contributed by atoms with Crippen molar-refractivity contribution < 1.29 is 39.3 Å². The molecule has 1 rings (SSSR count). The summed E-state index contributed by atoms with van der Waals surface area (Å²) in [5, 5.41) is 34.3. The van der Waals surface area contributed by atoms with Gasteiger partial charge in [0.25, 0.3) is 0 Å². The molecule has 0 bridgehead atoms. The number of hydrogen-bond acceptors (Lipinski definition) is 9. The molecule has 0 radical (unpaired) electrons. The Bertz CT molecular complexity index is 834. The molecule has 1 aromatic heterocycles. The number of carbonyl (C=O) groups excluding carboxylic acids is 3. The number of aromatic nitrogens is 2. The lowest BCUT2D eigenvalue weighted by atomic mass is 10.1. The van der Waals surface area contributed by atoms with E-state index in [1.807, 2.05) is 0 Å². The number of carbonyl (C=O) groups is 5. The molecule has 1 heterocycles. The molecular formula is C18H28N6O8S. The first-order valence-electron chi connectivity index (χ1n) is 9.83. The Balaban J connectivity index is 2.92. The van der Waals surface area contributed by atoms with Crippen molar-refractivity contribution in [2.24, 2.45) is 5.73 Å². The molecule has 0 spiro atoms. The van der Waals surface area contributed by atoms with Gasteiger partial charge in [0.05, 0.1) is 18.5 Å². The highest BCUT2D eigenvalue weighted by atomic mass is 32.1. The Hall–Kier alpha value is -3.17. The highest BCUT2D eigenvalue weighted by Crippen LogP contribution is 2.03. The number of aliphatic carboxylic acids is 2. The molecule has 0 aromatic carbocycles. The third-order valence-electron chi connectivity index (χ3n) is 4.48. The highest BCUT2D eigenvalue weighted by Gasteiger charge is 2.31. The van der Waals surface area contributed by atoms with Crippen molar-refractivity contribution in [3.63, 3.8) is 0 Å². The van der Waals surface area contributed by atoms with Gasteiger partial charge in [0.1, 0.15) is 12.1 Å². The van der Waals surface area contributed by atoms with Crippen LogP contribution in [0.25, 0.3) is 0 Å². The van der Waals surface area contributed by atoms with Crippen molar-refractivity contribution in [3.05, 3.63) is 18.2 Å². The van der Waals surface area contributed by atoms with Gasteiger partial charge in [-0.25, -0.2) is 9.78 Å². The first-order valence-corrected chi connectivity index (χ1v) is 10.5. The van der Waals surface area contributed by atoms with Crippen LogP contribution >= 0.6 is 12.6 Å². The summed E-state index contributed by atoms with van der Waals surface area (Å²) in [4.78, 5) is 66.1.